The van der Waals surface area contributed by atoms with E-state index in [1.807, 2.05) is 66.0 Å². The minimum absolute atomic E-state index is 0.0860. The highest BCUT2D eigenvalue weighted by Gasteiger charge is 2.32. The first kappa shape index (κ1) is 19.7. The Morgan fingerprint density at radius 2 is 2.00 bits per heavy atom. The molecule has 1 atom stereocenters. The van der Waals surface area contributed by atoms with Crippen LogP contribution in [-0.2, 0) is 11.3 Å². The number of fused-ring (bicyclic) bond motifs is 1. The van der Waals surface area contributed by atoms with Gasteiger partial charge in [0.25, 0.3) is 5.91 Å². The molecule has 0 saturated carbocycles. The van der Waals surface area contributed by atoms with Crippen LogP contribution in [0.5, 0.6) is 5.75 Å². The second kappa shape index (κ2) is 8.13. The Kier molecular flexibility index (Phi) is 5.18. The third-order valence-corrected chi connectivity index (χ3v) is 6.18. The summed E-state index contributed by atoms with van der Waals surface area (Å²) in [6, 6.07) is 19.1. The van der Waals surface area contributed by atoms with Crippen LogP contribution in [0.2, 0.25) is 5.02 Å². The average Bonchev–Trinajstić information content (AvgIpc) is 3.28. The SMILES string of the molecule is CC1Oc2ccc(-c3csc(-c4ccccn4)n3)cc2N(Cc2cccc(Cl)c2)C1=O. The van der Waals surface area contributed by atoms with Crippen molar-refractivity contribution in [2.45, 2.75) is 19.6 Å². The van der Waals surface area contributed by atoms with Crippen LogP contribution in [0.15, 0.2) is 72.2 Å². The molecular weight excluding hydrogens is 430 g/mol. The summed E-state index contributed by atoms with van der Waals surface area (Å²) in [7, 11) is 0. The lowest BCUT2D eigenvalue weighted by Gasteiger charge is -2.33. The third kappa shape index (κ3) is 3.92. The summed E-state index contributed by atoms with van der Waals surface area (Å²) >= 11 is 7.69. The van der Waals surface area contributed by atoms with E-state index in [0.717, 1.165) is 33.2 Å². The number of benzene rings is 2. The molecule has 5 rings (SSSR count). The van der Waals surface area contributed by atoms with Crippen molar-refractivity contribution in [3.8, 4) is 27.7 Å². The van der Waals surface area contributed by atoms with Gasteiger partial charge in [0.05, 0.1) is 23.6 Å². The Labute approximate surface area is 188 Å². The molecule has 0 bridgehead atoms. The fourth-order valence-corrected chi connectivity index (χ4v) is 4.58. The van der Waals surface area contributed by atoms with Crippen LogP contribution in [0.4, 0.5) is 5.69 Å². The maximum Gasteiger partial charge on any atom is 0.268 e. The number of carbonyl (C=O) groups excluding carboxylic acids is 1. The average molecular weight is 448 g/mol. The van der Waals surface area contributed by atoms with E-state index in [4.69, 9.17) is 21.3 Å². The monoisotopic (exact) mass is 447 g/mol. The van der Waals surface area contributed by atoms with Gasteiger partial charge in [0.1, 0.15) is 10.8 Å². The van der Waals surface area contributed by atoms with E-state index in [0.29, 0.717) is 17.3 Å². The predicted molar refractivity (Wildman–Crippen MR) is 124 cm³/mol. The van der Waals surface area contributed by atoms with Gasteiger partial charge in [0.15, 0.2) is 6.10 Å². The Hall–Kier alpha value is -3.22. The quantitative estimate of drug-likeness (QED) is 0.394. The smallest absolute Gasteiger partial charge is 0.268 e. The van der Waals surface area contributed by atoms with E-state index in [9.17, 15) is 4.79 Å². The summed E-state index contributed by atoms with van der Waals surface area (Å²) in [5.74, 6) is 0.593. The summed E-state index contributed by atoms with van der Waals surface area (Å²) in [6.45, 7) is 2.18. The summed E-state index contributed by atoms with van der Waals surface area (Å²) in [5, 5.41) is 3.50. The van der Waals surface area contributed by atoms with E-state index in [1.54, 1.807) is 29.4 Å². The predicted octanol–water partition coefficient (Wildman–Crippen LogP) is 5.84. The first-order chi connectivity index (χ1) is 15.1. The van der Waals surface area contributed by atoms with Gasteiger partial charge in [0, 0.05) is 22.2 Å². The molecule has 31 heavy (non-hydrogen) atoms. The number of aromatic nitrogens is 2. The van der Waals surface area contributed by atoms with Gasteiger partial charge in [-0.3, -0.25) is 9.78 Å². The van der Waals surface area contributed by atoms with Crippen LogP contribution in [0.1, 0.15) is 12.5 Å². The molecule has 1 aliphatic heterocycles. The maximum absolute atomic E-state index is 13.0. The number of pyridine rings is 1. The second-order valence-electron chi connectivity index (χ2n) is 7.25. The number of carbonyl (C=O) groups is 1. The van der Waals surface area contributed by atoms with Crippen molar-refractivity contribution < 1.29 is 9.53 Å². The molecular formula is C24H18ClN3O2S. The van der Waals surface area contributed by atoms with Gasteiger partial charge in [-0.1, -0.05) is 29.8 Å². The third-order valence-electron chi connectivity index (χ3n) is 5.08. The molecule has 2 aromatic carbocycles. The van der Waals surface area contributed by atoms with Crippen LogP contribution in [0.25, 0.3) is 22.0 Å². The number of hydrogen-bond donors (Lipinski definition) is 0. The van der Waals surface area contributed by atoms with Gasteiger partial charge >= 0.3 is 0 Å². The van der Waals surface area contributed by atoms with Crippen molar-refractivity contribution in [3.05, 3.63) is 82.8 Å². The molecule has 1 aliphatic rings. The minimum atomic E-state index is -0.549. The van der Waals surface area contributed by atoms with Crippen LogP contribution < -0.4 is 9.64 Å². The number of thiazole rings is 1. The Morgan fingerprint density at radius 3 is 2.81 bits per heavy atom. The molecule has 0 N–H and O–H groups in total. The van der Waals surface area contributed by atoms with Crippen molar-refractivity contribution in [3.63, 3.8) is 0 Å². The molecule has 154 valence electrons. The van der Waals surface area contributed by atoms with Crippen LogP contribution in [-0.4, -0.2) is 22.0 Å². The summed E-state index contributed by atoms with van der Waals surface area (Å²) < 4.78 is 5.86. The first-order valence-corrected chi connectivity index (χ1v) is 11.1. The van der Waals surface area contributed by atoms with Crippen molar-refractivity contribution in [1.29, 1.82) is 0 Å². The van der Waals surface area contributed by atoms with E-state index in [-0.39, 0.29) is 5.91 Å². The molecule has 0 aliphatic carbocycles. The summed E-state index contributed by atoms with van der Waals surface area (Å²) in [4.78, 5) is 23.8. The molecule has 7 heteroatoms. The van der Waals surface area contributed by atoms with Crippen LogP contribution in [0.3, 0.4) is 0 Å². The van der Waals surface area contributed by atoms with Crippen molar-refractivity contribution in [1.82, 2.24) is 9.97 Å². The number of ether oxygens (including phenoxy) is 1. The highest BCUT2D eigenvalue weighted by molar-refractivity contribution is 7.13. The highest BCUT2D eigenvalue weighted by Crippen LogP contribution is 2.39. The van der Waals surface area contributed by atoms with Crippen LogP contribution >= 0.6 is 22.9 Å². The van der Waals surface area contributed by atoms with E-state index >= 15 is 0 Å². The molecule has 3 heterocycles. The van der Waals surface area contributed by atoms with Gasteiger partial charge in [-0.05, 0) is 55.0 Å². The van der Waals surface area contributed by atoms with Gasteiger partial charge < -0.3 is 9.64 Å². The fourth-order valence-electron chi connectivity index (χ4n) is 3.56. The number of rotatable bonds is 4. The van der Waals surface area contributed by atoms with Crippen molar-refractivity contribution in [2.75, 3.05) is 4.90 Å². The zero-order valence-electron chi connectivity index (χ0n) is 16.7. The van der Waals surface area contributed by atoms with E-state index < -0.39 is 6.10 Å². The Balaban J connectivity index is 1.52. The first-order valence-electron chi connectivity index (χ1n) is 9.82. The lowest BCUT2D eigenvalue weighted by Crippen LogP contribution is -2.44. The molecule has 4 aromatic rings. The number of amides is 1. The van der Waals surface area contributed by atoms with Crippen molar-refractivity contribution >= 4 is 34.5 Å². The van der Waals surface area contributed by atoms with Gasteiger partial charge in [0.2, 0.25) is 0 Å². The number of anilines is 1. The largest absolute Gasteiger partial charge is 0.479 e. The summed E-state index contributed by atoms with van der Waals surface area (Å²) in [6.07, 6.45) is 1.21. The molecule has 0 spiro atoms. The minimum Gasteiger partial charge on any atom is -0.479 e. The van der Waals surface area contributed by atoms with Gasteiger partial charge in [-0.25, -0.2) is 4.98 Å². The highest BCUT2D eigenvalue weighted by atomic mass is 35.5. The number of hydrogen-bond acceptors (Lipinski definition) is 5. The normalized spacial score (nSPS) is 15.5. The Morgan fingerprint density at radius 1 is 1.10 bits per heavy atom. The van der Waals surface area contributed by atoms with E-state index in [2.05, 4.69) is 4.98 Å². The van der Waals surface area contributed by atoms with Crippen molar-refractivity contribution in [2.24, 2.45) is 0 Å². The zero-order chi connectivity index (χ0) is 21.4. The molecule has 2 aromatic heterocycles. The van der Waals surface area contributed by atoms with Gasteiger partial charge in [-0.2, -0.15) is 0 Å². The maximum atomic E-state index is 13.0. The molecule has 5 nitrogen and oxygen atoms in total. The van der Waals surface area contributed by atoms with E-state index in [1.165, 1.54) is 0 Å². The molecule has 1 amide bonds. The molecule has 1 unspecified atom stereocenters. The number of nitrogens with zero attached hydrogens (tertiary/aromatic N) is 3. The standard InChI is InChI=1S/C24H18ClN3O2S/c1-15-24(29)28(13-16-5-4-6-18(25)11-16)21-12-17(8-9-22(21)30-15)20-14-31-23(27-20)19-7-2-3-10-26-19/h2-12,14-15H,13H2,1H3. The lowest BCUT2D eigenvalue weighted by molar-refractivity contribution is -0.125. The molecule has 0 saturated heterocycles. The number of halogens is 1. The summed E-state index contributed by atoms with van der Waals surface area (Å²) in [5.41, 5.74) is 4.28. The topological polar surface area (TPSA) is 55.3 Å². The lowest BCUT2D eigenvalue weighted by atomic mass is 10.1. The van der Waals surface area contributed by atoms with Gasteiger partial charge in [-0.15, -0.1) is 11.3 Å². The second-order valence-corrected chi connectivity index (χ2v) is 8.54. The fraction of sp³-hybridized carbons (Fsp3) is 0.125. The molecule has 0 radical (unpaired) electrons. The Bertz CT molecular complexity index is 1260. The zero-order valence-corrected chi connectivity index (χ0v) is 18.2. The van der Waals surface area contributed by atoms with Crippen LogP contribution in [0, 0.1) is 0 Å². The molecule has 0 fully saturated rings.